The van der Waals surface area contributed by atoms with Gasteiger partial charge in [-0.25, -0.2) is 19.6 Å². The molecule has 1 aliphatic rings. The lowest BCUT2D eigenvalue weighted by Gasteiger charge is -2.17. The molecule has 1 aromatic heterocycles. The van der Waals surface area contributed by atoms with Crippen molar-refractivity contribution in [2.75, 3.05) is 38.0 Å². The number of aromatic nitrogens is 1. The number of nitrogens with two attached hydrogens (primary N) is 1. The van der Waals surface area contributed by atoms with E-state index in [1.54, 1.807) is 17.5 Å². The van der Waals surface area contributed by atoms with Crippen LogP contribution in [0.15, 0.2) is 35.7 Å². The molecular formula is C24H35N7O6S2. The number of alkyl carbamates (subject to hydrolysis) is 1. The van der Waals surface area contributed by atoms with E-state index in [0.717, 1.165) is 36.5 Å². The predicted octanol–water partition coefficient (Wildman–Crippen LogP) is 1.17. The number of anilines is 1. The van der Waals surface area contributed by atoms with Crippen LogP contribution in [0.3, 0.4) is 0 Å². The van der Waals surface area contributed by atoms with Crippen molar-refractivity contribution in [2.24, 2.45) is 5.14 Å². The van der Waals surface area contributed by atoms with Gasteiger partial charge in [0, 0.05) is 25.0 Å². The highest BCUT2D eigenvalue weighted by atomic mass is 32.2. The van der Waals surface area contributed by atoms with Crippen molar-refractivity contribution in [3.63, 3.8) is 0 Å². The number of unbranched alkanes of at least 4 members (excludes halogenated alkanes) is 1. The first-order chi connectivity index (χ1) is 18.7. The Kier molecular flexibility index (Phi) is 12.1. The molecule has 0 bridgehead atoms. The van der Waals surface area contributed by atoms with Gasteiger partial charge >= 0.3 is 6.09 Å². The van der Waals surface area contributed by atoms with Gasteiger partial charge in [0.1, 0.15) is 18.3 Å². The number of ether oxygens (including phenoxy) is 1. The molecule has 3 amide bonds. The molecule has 1 fully saturated rings. The van der Waals surface area contributed by atoms with Crippen molar-refractivity contribution in [2.45, 2.75) is 44.8 Å². The lowest BCUT2D eigenvalue weighted by Crippen LogP contribution is -2.44. The molecule has 13 nitrogen and oxygen atoms in total. The van der Waals surface area contributed by atoms with Crippen molar-refractivity contribution in [3.8, 4) is 0 Å². The number of likely N-dealkylation sites (tertiary alicyclic amines) is 1. The Labute approximate surface area is 232 Å². The second-order valence-electron chi connectivity index (χ2n) is 9.03. The summed E-state index contributed by atoms with van der Waals surface area (Å²) in [7, 11) is -3.81. The summed E-state index contributed by atoms with van der Waals surface area (Å²) in [4.78, 5) is 44.3. The maximum atomic E-state index is 13.0. The van der Waals surface area contributed by atoms with Crippen LogP contribution in [0.4, 0.5) is 9.93 Å². The van der Waals surface area contributed by atoms with E-state index in [-0.39, 0.29) is 36.3 Å². The average Bonchev–Trinajstić information content (AvgIpc) is 3.59. The first-order valence-corrected chi connectivity index (χ1v) is 15.1. The highest BCUT2D eigenvalue weighted by molar-refractivity contribution is 7.87. The van der Waals surface area contributed by atoms with Gasteiger partial charge in [0.15, 0.2) is 5.13 Å². The number of benzene rings is 1. The van der Waals surface area contributed by atoms with Crippen LogP contribution in [-0.4, -0.2) is 75.0 Å². The van der Waals surface area contributed by atoms with Gasteiger partial charge < -0.3 is 25.6 Å². The molecule has 1 aliphatic heterocycles. The normalized spacial score (nSPS) is 14.5. The number of hydrogen-bond acceptors (Lipinski definition) is 9. The van der Waals surface area contributed by atoms with Crippen LogP contribution in [-0.2, 0) is 26.3 Å². The fourth-order valence-corrected chi connectivity index (χ4v) is 5.04. The van der Waals surface area contributed by atoms with Gasteiger partial charge in [-0.2, -0.15) is 8.42 Å². The zero-order valence-electron chi connectivity index (χ0n) is 21.6. The molecule has 1 saturated heterocycles. The lowest BCUT2D eigenvalue weighted by atomic mass is 10.1. The number of rotatable bonds is 15. The minimum absolute atomic E-state index is 0.0298. The van der Waals surface area contributed by atoms with E-state index in [1.165, 1.54) is 12.8 Å². The van der Waals surface area contributed by atoms with E-state index in [1.807, 2.05) is 18.2 Å². The molecule has 6 N–H and O–H groups in total. The highest BCUT2D eigenvalue weighted by Gasteiger charge is 2.23. The van der Waals surface area contributed by atoms with Crippen molar-refractivity contribution >= 4 is 44.6 Å². The molecule has 1 atom stereocenters. The third-order valence-corrected chi connectivity index (χ3v) is 7.29. The van der Waals surface area contributed by atoms with Crippen LogP contribution < -0.4 is 25.8 Å². The fraction of sp³-hybridized carbons (Fsp3) is 0.500. The maximum absolute atomic E-state index is 13.0. The first-order valence-electron chi connectivity index (χ1n) is 12.7. The Morgan fingerprint density at radius 1 is 1.10 bits per heavy atom. The summed E-state index contributed by atoms with van der Waals surface area (Å²) in [6.45, 7) is 3.49. The molecule has 1 aromatic carbocycles. The van der Waals surface area contributed by atoms with Gasteiger partial charge in [-0.15, -0.1) is 11.3 Å². The molecular weight excluding hydrogens is 546 g/mol. The summed E-state index contributed by atoms with van der Waals surface area (Å²) in [6.07, 6.45) is 2.57. The summed E-state index contributed by atoms with van der Waals surface area (Å²) < 4.78 is 29.5. The smallest absolute Gasteiger partial charge is 0.408 e. The first kappa shape index (κ1) is 30.4. The van der Waals surface area contributed by atoms with E-state index >= 15 is 0 Å². The van der Waals surface area contributed by atoms with Crippen molar-refractivity contribution in [1.82, 2.24) is 25.2 Å². The number of nitrogens with zero attached hydrogens (tertiary/aromatic N) is 2. The summed E-state index contributed by atoms with van der Waals surface area (Å²) in [5, 5.41) is 14.7. The number of carbonyl (C=O) groups is 3. The molecule has 2 heterocycles. The van der Waals surface area contributed by atoms with E-state index in [0.29, 0.717) is 19.4 Å². The second kappa shape index (κ2) is 15.5. The van der Waals surface area contributed by atoms with Crippen LogP contribution in [0.2, 0.25) is 0 Å². The van der Waals surface area contributed by atoms with Crippen LogP contribution in [0.25, 0.3) is 0 Å². The maximum Gasteiger partial charge on any atom is 0.408 e. The van der Waals surface area contributed by atoms with Crippen LogP contribution in [0.5, 0.6) is 0 Å². The quantitative estimate of drug-likeness (QED) is 0.194. The number of thiazole rings is 1. The van der Waals surface area contributed by atoms with E-state index in [4.69, 9.17) is 9.88 Å². The van der Waals surface area contributed by atoms with Gasteiger partial charge in [0.2, 0.25) is 5.91 Å². The third-order valence-electron chi connectivity index (χ3n) is 5.92. The molecule has 0 aliphatic carbocycles. The molecule has 2 aromatic rings. The number of carbonyl (C=O) groups excluding carboxylic acids is 3. The van der Waals surface area contributed by atoms with Gasteiger partial charge in [-0.3, -0.25) is 9.59 Å². The minimum Gasteiger partial charge on any atom is -0.445 e. The Hall–Kier alpha value is -3.11. The van der Waals surface area contributed by atoms with Crippen molar-refractivity contribution in [1.29, 1.82) is 0 Å². The zero-order valence-corrected chi connectivity index (χ0v) is 23.2. The molecule has 0 spiro atoms. The SMILES string of the molecule is NS(=O)(=O)NCCCC[C@H](NC(=O)OCc1ccccc1)C(=O)Nc1nc(C(=O)NCCN2CCCC2)cs1. The molecule has 0 unspecified atom stereocenters. The zero-order chi connectivity index (χ0) is 28.1. The van der Waals surface area contributed by atoms with Crippen LogP contribution in [0.1, 0.15) is 48.2 Å². The summed E-state index contributed by atoms with van der Waals surface area (Å²) in [6, 6.07) is 8.11. The average molecular weight is 582 g/mol. The van der Waals surface area contributed by atoms with Crippen LogP contribution in [0, 0.1) is 0 Å². The Balaban J connectivity index is 1.51. The van der Waals surface area contributed by atoms with E-state index < -0.39 is 28.3 Å². The largest absolute Gasteiger partial charge is 0.445 e. The molecule has 214 valence electrons. The van der Waals surface area contributed by atoms with Crippen molar-refractivity contribution in [3.05, 3.63) is 47.0 Å². The standard InChI is InChI=1S/C24H35N7O6S2/c25-39(35,36)27-11-5-4-10-19(29-24(34)37-16-18-8-2-1-3-9-18)22(33)30-23-28-20(17-38-23)21(32)26-12-15-31-13-6-7-14-31/h1-3,8-9,17,19,27H,4-7,10-16H2,(H,26,32)(H,29,34)(H2,25,35,36)(H,28,30,33)/t19-/m0/s1. The molecule has 3 rings (SSSR count). The Morgan fingerprint density at radius 2 is 1.85 bits per heavy atom. The van der Waals surface area contributed by atoms with E-state index in [9.17, 15) is 22.8 Å². The molecule has 0 saturated carbocycles. The number of hydrogen-bond donors (Lipinski definition) is 5. The van der Waals surface area contributed by atoms with Crippen LogP contribution >= 0.6 is 11.3 Å². The number of amides is 3. The number of nitrogens with one attached hydrogen (secondary N) is 4. The molecule has 39 heavy (non-hydrogen) atoms. The van der Waals surface area contributed by atoms with Crippen molar-refractivity contribution < 1.29 is 27.5 Å². The molecule has 15 heteroatoms. The monoisotopic (exact) mass is 581 g/mol. The third kappa shape index (κ3) is 11.7. The summed E-state index contributed by atoms with van der Waals surface area (Å²) >= 11 is 1.09. The Bertz CT molecular complexity index is 1190. The van der Waals surface area contributed by atoms with Gasteiger partial charge in [-0.05, 0) is 50.8 Å². The fourth-order valence-electron chi connectivity index (χ4n) is 3.92. The Morgan fingerprint density at radius 3 is 2.56 bits per heavy atom. The summed E-state index contributed by atoms with van der Waals surface area (Å²) in [5.74, 6) is -0.867. The highest BCUT2D eigenvalue weighted by Crippen LogP contribution is 2.17. The lowest BCUT2D eigenvalue weighted by molar-refractivity contribution is -0.118. The topological polar surface area (TPSA) is 185 Å². The minimum atomic E-state index is -3.81. The van der Waals surface area contributed by atoms with Gasteiger partial charge in [0.05, 0.1) is 0 Å². The second-order valence-corrected chi connectivity index (χ2v) is 11.3. The van der Waals surface area contributed by atoms with E-state index in [2.05, 4.69) is 30.6 Å². The van der Waals surface area contributed by atoms with Gasteiger partial charge in [-0.1, -0.05) is 30.3 Å². The summed E-state index contributed by atoms with van der Waals surface area (Å²) in [5.41, 5.74) is 0.981. The van der Waals surface area contributed by atoms with Gasteiger partial charge in [0.25, 0.3) is 16.1 Å². The predicted molar refractivity (Wildman–Crippen MR) is 147 cm³/mol. The molecule has 0 radical (unpaired) electrons.